The maximum absolute atomic E-state index is 12.6. The van der Waals surface area contributed by atoms with E-state index in [0.717, 1.165) is 5.56 Å². The van der Waals surface area contributed by atoms with Gasteiger partial charge in [0.1, 0.15) is 0 Å². The molecule has 2 rings (SSSR count). The van der Waals surface area contributed by atoms with Crippen LogP contribution in [-0.4, -0.2) is 62.0 Å². The molecule has 0 radical (unpaired) electrons. The molecule has 6 heteroatoms. The zero-order chi connectivity index (χ0) is 17.7. The van der Waals surface area contributed by atoms with Crippen LogP contribution in [0.5, 0.6) is 11.5 Å². The van der Waals surface area contributed by atoms with E-state index >= 15 is 0 Å². The molecular weight excluding hydrogens is 308 g/mol. The molecule has 0 spiro atoms. The van der Waals surface area contributed by atoms with Gasteiger partial charge in [0, 0.05) is 38.7 Å². The molecule has 1 fully saturated rings. The monoisotopic (exact) mass is 332 g/mol. The second-order valence-corrected chi connectivity index (χ2v) is 5.74. The molecule has 6 nitrogen and oxygen atoms in total. The second-order valence-electron chi connectivity index (χ2n) is 5.74. The quantitative estimate of drug-likeness (QED) is 0.789. The summed E-state index contributed by atoms with van der Waals surface area (Å²) in [5, 5.41) is 0. The zero-order valence-electron chi connectivity index (χ0n) is 14.7. The Balaban J connectivity index is 2.08. The van der Waals surface area contributed by atoms with Gasteiger partial charge < -0.3 is 19.3 Å². The number of amides is 2. The smallest absolute Gasteiger partial charge is 0.249 e. The molecule has 0 unspecified atom stereocenters. The van der Waals surface area contributed by atoms with Crippen LogP contribution in [0.2, 0.25) is 0 Å². The highest BCUT2D eigenvalue weighted by molar-refractivity contribution is 5.97. The van der Waals surface area contributed by atoms with Crippen molar-refractivity contribution < 1.29 is 19.1 Å². The first kappa shape index (κ1) is 17.8. The first-order valence-electron chi connectivity index (χ1n) is 7.91. The summed E-state index contributed by atoms with van der Waals surface area (Å²) in [5.74, 6) is 1.33. The van der Waals surface area contributed by atoms with Crippen molar-refractivity contribution in [2.45, 2.75) is 13.8 Å². The van der Waals surface area contributed by atoms with Gasteiger partial charge in [-0.05, 0) is 30.7 Å². The molecule has 24 heavy (non-hydrogen) atoms. The van der Waals surface area contributed by atoms with Crippen molar-refractivity contribution in [3.63, 3.8) is 0 Å². The molecule has 130 valence electrons. The number of rotatable bonds is 4. The lowest BCUT2D eigenvalue weighted by Crippen LogP contribution is -2.50. The van der Waals surface area contributed by atoms with Crippen LogP contribution < -0.4 is 9.47 Å². The lowest BCUT2D eigenvalue weighted by molar-refractivity contribution is -0.136. The van der Waals surface area contributed by atoms with Crippen LogP contribution in [0, 0.1) is 0 Å². The number of carbonyl (C=O) groups is 2. The number of methoxy groups -OCH3 is 2. The van der Waals surface area contributed by atoms with Crippen molar-refractivity contribution >= 4 is 17.9 Å². The van der Waals surface area contributed by atoms with E-state index in [0.29, 0.717) is 43.3 Å². The standard InChI is InChI=1S/C18H24N2O4/c1-13(11-15-5-6-16(23-3)17(12-15)24-4)18(22)20-9-7-19(8-10-20)14(2)21/h5-6,11-12H,7-10H2,1-4H3/b13-11+. The topological polar surface area (TPSA) is 59.1 Å². The number of hydrogen-bond donors (Lipinski definition) is 0. The Morgan fingerprint density at radius 1 is 0.958 bits per heavy atom. The average molecular weight is 332 g/mol. The number of ether oxygens (including phenoxy) is 2. The normalized spacial score (nSPS) is 15.2. The lowest BCUT2D eigenvalue weighted by atomic mass is 10.1. The Labute approximate surface area is 142 Å². The van der Waals surface area contributed by atoms with E-state index in [1.165, 1.54) is 0 Å². The minimum Gasteiger partial charge on any atom is -0.493 e. The number of hydrogen-bond acceptors (Lipinski definition) is 4. The van der Waals surface area contributed by atoms with Crippen molar-refractivity contribution in [2.24, 2.45) is 0 Å². The number of carbonyl (C=O) groups excluding carboxylic acids is 2. The summed E-state index contributed by atoms with van der Waals surface area (Å²) < 4.78 is 10.5. The molecule has 0 aliphatic carbocycles. The van der Waals surface area contributed by atoms with Crippen LogP contribution in [0.1, 0.15) is 19.4 Å². The third kappa shape index (κ3) is 4.07. The maximum Gasteiger partial charge on any atom is 0.249 e. The number of nitrogens with zero attached hydrogens (tertiary/aromatic N) is 2. The maximum atomic E-state index is 12.6. The molecule has 1 heterocycles. The molecule has 0 aromatic heterocycles. The Morgan fingerprint density at radius 2 is 1.54 bits per heavy atom. The second kappa shape index (κ2) is 7.86. The fourth-order valence-electron chi connectivity index (χ4n) is 2.73. The molecule has 1 aromatic carbocycles. The SMILES string of the molecule is COc1ccc(/C=C(\C)C(=O)N2CCN(C(C)=O)CC2)cc1OC. The Kier molecular flexibility index (Phi) is 5.84. The van der Waals surface area contributed by atoms with Gasteiger partial charge in [-0.2, -0.15) is 0 Å². The van der Waals surface area contributed by atoms with Gasteiger partial charge in [0.15, 0.2) is 11.5 Å². The predicted octanol–water partition coefficient (Wildman–Crippen LogP) is 1.80. The first-order chi connectivity index (χ1) is 11.5. The molecular formula is C18H24N2O4. The van der Waals surface area contributed by atoms with Crippen molar-refractivity contribution in [1.29, 1.82) is 0 Å². The Hall–Kier alpha value is -2.50. The minimum atomic E-state index is -0.00649. The van der Waals surface area contributed by atoms with E-state index in [2.05, 4.69) is 0 Å². The lowest BCUT2D eigenvalue weighted by Gasteiger charge is -2.34. The zero-order valence-corrected chi connectivity index (χ0v) is 14.7. The molecule has 2 amide bonds. The summed E-state index contributed by atoms with van der Waals surface area (Å²) in [4.78, 5) is 27.5. The Morgan fingerprint density at radius 3 is 2.08 bits per heavy atom. The van der Waals surface area contributed by atoms with Gasteiger partial charge in [-0.3, -0.25) is 9.59 Å². The van der Waals surface area contributed by atoms with Gasteiger partial charge in [0.25, 0.3) is 0 Å². The van der Waals surface area contributed by atoms with Crippen LogP contribution in [0.3, 0.4) is 0 Å². The van der Waals surface area contributed by atoms with Gasteiger partial charge in [0.2, 0.25) is 11.8 Å². The summed E-state index contributed by atoms with van der Waals surface area (Å²) in [6, 6.07) is 5.53. The largest absolute Gasteiger partial charge is 0.493 e. The van der Waals surface area contributed by atoms with Crippen LogP contribution in [0.4, 0.5) is 0 Å². The molecule has 1 aliphatic heterocycles. The fourth-order valence-corrected chi connectivity index (χ4v) is 2.73. The first-order valence-corrected chi connectivity index (χ1v) is 7.91. The highest BCUT2D eigenvalue weighted by Crippen LogP contribution is 2.28. The van der Waals surface area contributed by atoms with E-state index < -0.39 is 0 Å². The number of piperazine rings is 1. The van der Waals surface area contributed by atoms with Gasteiger partial charge in [0.05, 0.1) is 14.2 Å². The Bertz CT molecular complexity index is 646. The third-order valence-corrected chi connectivity index (χ3v) is 4.14. The summed E-state index contributed by atoms with van der Waals surface area (Å²) >= 11 is 0. The van der Waals surface area contributed by atoms with Gasteiger partial charge in [-0.25, -0.2) is 0 Å². The van der Waals surface area contributed by atoms with Crippen LogP contribution in [0.15, 0.2) is 23.8 Å². The van der Waals surface area contributed by atoms with Crippen molar-refractivity contribution in [2.75, 3.05) is 40.4 Å². The molecule has 0 saturated carbocycles. The summed E-state index contributed by atoms with van der Waals surface area (Å²) in [5.41, 5.74) is 1.53. The molecule has 1 saturated heterocycles. The minimum absolute atomic E-state index is 0.00649. The van der Waals surface area contributed by atoms with Gasteiger partial charge in [-0.1, -0.05) is 6.07 Å². The average Bonchev–Trinajstić information content (AvgIpc) is 2.60. The van der Waals surface area contributed by atoms with E-state index in [1.54, 1.807) is 37.9 Å². The fraction of sp³-hybridized carbons (Fsp3) is 0.444. The van der Waals surface area contributed by atoms with Crippen LogP contribution in [0.25, 0.3) is 6.08 Å². The van der Waals surface area contributed by atoms with Crippen molar-refractivity contribution in [1.82, 2.24) is 9.80 Å². The molecule has 0 bridgehead atoms. The van der Waals surface area contributed by atoms with E-state index in [4.69, 9.17) is 9.47 Å². The molecule has 1 aromatic rings. The van der Waals surface area contributed by atoms with Crippen molar-refractivity contribution in [3.8, 4) is 11.5 Å². The highest BCUT2D eigenvalue weighted by atomic mass is 16.5. The van der Waals surface area contributed by atoms with Crippen molar-refractivity contribution in [3.05, 3.63) is 29.3 Å². The van der Waals surface area contributed by atoms with Gasteiger partial charge in [-0.15, -0.1) is 0 Å². The third-order valence-electron chi connectivity index (χ3n) is 4.14. The summed E-state index contributed by atoms with van der Waals surface area (Å²) in [6.45, 7) is 5.66. The van der Waals surface area contributed by atoms with E-state index in [9.17, 15) is 9.59 Å². The molecule has 1 aliphatic rings. The van der Waals surface area contributed by atoms with Gasteiger partial charge >= 0.3 is 0 Å². The summed E-state index contributed by atoms with van der Waals surface area (Å²) in [6.07, 6.45) is 1.83. The van der Waals surface area contributed by atoms with E-state index in [-0.39, 0.29) is 11.8 Å². The van der Waals surface area contributed by atoms with Crippen LogP contribution in [-0.2, 0) is 9.59 Å². The summed E-state index contributed by atoms with van der Waals surface area (Å²) in [7, 11) is 3.17. The molecule has 0 N–H and O–H groups in total. The highest BCUT2D eigenvalue weighted by Gasteiger charge is 2.23. The van der Waals surface area contributed by atoms with E-state index in [1.807, 2.05) is 24.3 Å². The number of benzene rings is 1. The molecule has 0 atom stereocenters. The predicted molar refractivity (Wildman–Crippen MR) is 92.0 cm³/mol. The van der Waals surface area contributed by atoms with Crippen LogP contribution >= 0.6 is 0 Å².